The number of fused-ring (bicyclic) bond motifs is 1. The fourth-order valence-electron chi connectivity index (χ4n) is 4.32. The van der Waals surface area contributed by atoms with Crippen LogP contribution in [-0.2, 0) is 6.42 Å². The molecular weight excluding hydrogens is 268 g/mol. The van der Waals surface area contributed by atoms with E-state index in [1.54, 1.807) is 0 Å². The van der Waals surface area contributed by atoms with Crippen LogP contribution < -0.4 is 4.90 Å². The number of hydrogen-bond donors (Lipinski definition) is 1. The average Bonchev–Trinajstić information content (AvgIpc) is 3.08. The number of anilines is 1. The third-order valence-corrected chi connectivity index (χ3v) is 6.86. The molecule has 3 aliphatic rings. The smallest absolute Gasteiger partial charge is 0.185 e. The molecule has 20 heavy (non-hydrogen) atoms. The first-order valence-corrected chi connectivity index (χ1v) is 9.00. The Morgan fingerprint density at radius 1 is 1.10 bits per heavy atom. The molecule has 2 heterocycles. The maximum atomic E-state index is 10.1. The van der Waals surface area contributed by atoms with Gasteiger partial charge in [-0.05, 0) is 50.4 Å². The van der Waals surface area contributed by atoms with E-state index < -0.39 is 0 Å². The number of piperidine rings is 1. The summed E-state index contributed by atoms with van der Waals surface area (Å²) in [6.45, 7) is 2.34. The molecule has 1 unspecified atom stereocenters. The predicted octanol–water partition coefficient (Wildman–Crippen LogP) is 3.67. The van der Waals surface area contributed by atoms with Crippen LogP contribution in [0, 0.1) is 5.41 Å². The Morgan fingerprint density at radius 3 is 2.55 bits per heavy atom. The molecule has 4 heteroatoms. The molecular formula is C16H24N2OS. The molecule has 2 aliphatic carbocycles. The molecule has 1 spiro atoms. The summed E-state index contributed by atoms with van der Waals surface area (Å²) < 4.78 is 0. The highest BCUT2D eigenvalue weighted by Crippen LogP contribution is 2.47. The van der Waals surface area contributed by atoms with E-state index in [9.17, 15) is 5.11 Å². The summed E-state index contributed by atoms with van der Waals surface area (Å²) in [6, 6.07) is 0. The second kappa shape index (κ2) is 4.99. The van der Waals surface area contributed by atoms with E-state index >= 15 is 0 Å². The van der Waals surface area contributed by atoms with E-state index in [4.69, 9.17) is 4.98 Å². The van der Waals surface area contributed by atoms with Gasteiger partial charge in [0, 0.05) is 18.0 Å². The molecule has 4 rings (SSSR count). The average molecular weight is 292 g/mol. The Bertz CT molecular complexity index is 483. The molecule has 0 aromatic carbocycles. The van der Waals surface area contributed by atoms with Crippen LogP contribution in [0.2, 0.25) is 0 Å². The summed E-state index contributed by atoms with van der Waals surface area (Å²) in [7, 11) is 0. The summed E-state index contributed by atoms with van der Waals surface area (Å²) in [5.41, 5.74) is 1.66. The monoisotopic (exact) mass is 292 g/mol. The highest BCUT2D eigenvalue weighted by Gasteiger charge is 2.37. The fraction of sp³-hybridized carbons (Fsp3) is 0.812. The van der Waals surface area contributed by atoms with Crippen LogP contribution in [-0.4, -0.2) is 23.2 Å². The first-order chi connectivity index (χ1) is 9.76. The maximum Gasteiger partial charge on any atom is 0.185 e. The quantitative estimate of drug-likeness (QED) is 0.858. The van der Waals surface area contributed by atoms with Crippen molar-refractivity contribution in [2.24, 2.45) is 5.41 Å². The van der Waals surface area contributed by atoms with E-state index in [0.717, 1.165) is 25.0 Å². The molecule has 1 N–H and O–H groups in total. The van der Waals surface area contributed by atoms with Gasteiger partial charge < -0.3 is 10.0 Å². The van der Waals surface area contributed by atoms with Gasteiger partial charge in [0.1, 0.15) is 0 Å². The van der Waals surface area contributed by atoms with Crippen LogP contribution in [0.25, 0.3) is 0 Å². The zero-order valence-corrected chi connectivity index (χ0v) is 12.9. The van der Waals surface area contributed by atoms with Crippen molar-refractivity contribution in [1.82, 2.24) is 4.98 Å². The van der Waals surface area contributed by atoms with E-state index in [2.05, 4.69) is 4.90 Å². The van der Waals surface area contributed by atoms with Crippen LogP contribution in [0.1, 0.15) is 68.0 Å². The largest absolute Gasteiger partial charge is 0.387 e. The summed E-state index contributed by atoms with van der Waals surface area (Å²) >= 11 is 1.83. The third-order valence-electron chi connectivity index (χ3n) is 5.67. The van der Waals surface area contributed by atoms with Crippen LogP contribution in [0.4, 0.5) is 5.13 Å². The summed E-state index contributed by atoms with van der Waals surface area (Å²) in [5, 5.41) is 11.2. The molecule has 1 saturated carbocycles. The van der Waals surface area contributed by atoms with Crippen molar-refractivity contribution < 1.29 is 5.11 Å². The molecule has 1 atom stereocenters. The first-order valence-electron chi connectivity index (χ1n) is 8.18. The number of thiazole rings is 1. The number of aryl methyl sites for hydroxylation is 1. The Balaban J connectivity index is 1.49. The number of hydrogen-bond acceptors (Lipinski definition) is 4. The second-order valence-corrected chi connectivity index (χ2v) is 7.97. The molecule has 1 aromatic rings. The van der Waals surface area contributed by atoms with Crippen molar-refractivity contribution in [2.75, 3.05) is 18.0 Å². The van der Waals surface area contributed by atoms with Crippen LogP contribution in [0.5, 0.6) is 0 Å². The molecule has 2 fully saturated rings. The molecule has 0 amide bonds. The van der Waals surface area contributed by atoms with Crippen molar-refractivity contribution in [3.8, 4) is 0 Å². The molecule has 0 radical (unpaired) electrons. The van der Waals surface area contributed by atoms with Gasteiger partial charge in [-0.15, -0.1) is 11.3 Å². The van der Waals surface area contributed by atoms with Gasteiger partial charge in [0.05, 0.1) is 11.8 Å². The van der Waals surface area contributed by atoms with Crippen molar-refractivity contribution >= 4 is 16.5 Å². The van der Waals surface area contributed by atoms with Crippen molar-refractivity contribution in [3.63, 3.8) is 0 Å². The zero-order chi connectivity index (χ0) is 13.6. The topological polar surface area (TPSA) is 36.4 Å². The van der Waals surface area contributed by atoms with Gasteiger partial charge in [0.2, 0.25) is 0 Å². The van der Waals surface area contributed by atoms with E-state index in [-0.39, 0.29) is 6.10 Å². The Hall–Kier alpha value is -0.610. The minimum absolute atomic E-state index is 0.310. The van der Waals surface area contributed by atoms with Gasteiger partial charge in [0.25, 0.3) is 0 Å². The minimum atomic E-state index is -0.310. The van der Waals surface area contributed by atoms with Gasteiger partial charge in [-0.1, -0.05) is 12.8 Å². The van der Waals surface area contributed by atoms with Gasteiger partial charge >= 0.3 is 0 Å². The van der Waals surface area contributed by atoms with Gasteiger partial charge in [-0.2, -0.15) is 0 Å². The standard InChI is InChI=1S/C16H24N2OS/c19-12-4-3-5-13-14(12)17-15(20-13)18-10-8-16(9-11-18)6-1-2-7-16/h12,19H,1-11H2. The lowest BCUT2D eigenvalue weighted by Crippen LogP contribution is -2.38. The van der Waals surface area contributed by atoms with Crippen LogP contribution >= 0.6 is 11.3 Å². The highest BCUT2D eigenvalue weighted by molar-refractivity contribution is 7.15. The second-order valence-electron chi connectivity index (χ2n) is 6.91. The Labute approximate surface area is 125 Å². The van der Waals surface area contributed by atoms with Crippen molar-refractivity contribution in [1.29, 1.82) is 0 Å². The van der Waals surface area contributed by atoms with Gasteiger partial charge in [-0.3, -0.25) is 0 Å². The molecule has 3 nitrogen and oxygen atoms in total. The number of aliphatic hydroxyl groups is 1. The number of nitrogens with zero attached hydrogens (tertiary/aromatic N) is 2. The van der Waals surface area contributed by atoms with E-state index in [0.29, 0.717) is 5.41 Å². The summed E-state index contributed by atoms with van der Waals surface area (Å²) in [5.74, 6) is 0. The lowest BCUT2D eigenvalue weighted by molar-refractivity contribution is 0.153. The molecule has 1 saturated heterocycles. The lowest BCUT2D eigenvalue weighted by Gasteiger charge is -2.39. The van der Waals surface area contributed by atoms with Crippen LogP contribution in [0.3, 0.4) is 0 Å². The number of aliphatic hydroxyl groups excluding tert-OH is 1. The fourth-order valence-corrected chi connectivity index (χ4v) is 5.52. The third kappa shape index (κ3) is 2.17. The predicted molar refractivity (Wildman–Crippen MR) is 82.4 cm³/mol. The van der Waals surface area contributed by atoms with Gasteiger partial charge in [-0.25, -0.2) is 4.98 Å². The minimum Gasteiger partial charge on any atom is -0.387 e. The normalized spacial score (nSPS) is 28.9. The first kappa shape index (κ1) is 13.1. The van der Waals surface area contributed by atoms with Crippen molar-refractivity contribution in [3.05, 3.63) is 10.6 Å². The molecule has 0 bridgehead atoms. The Kier molecular flexibility index (Phi) is 3.26. The summed E-state index contributed by atoms with van der Waals surface area (Å²) in [6.07, 6.45) is 11.3. The van der Waals surface area contributed by atoms with E-state index in [1.165, 1.54) is 61.6 Å². The number of rotatable bonds is 1. The molecule has 110 valence electrons. The lowest BCUT2D eigenvalue weighted by atomic mass is 9.77. The maximum absolute atomic E-state index is 10.1. The summed E-state index contributed by atoms with van der Waals surface area (Å²) in [4.78, 5) is 8.57. The number of aromatic nitrogens is 1. The highest BCUT2D eigenvalue weighted by atomic mass is 32.1. The molecule has 1 aliphatic heterocycles. The van der Waals surface area contributed by atoms with Gasteiger partial charge in [0.15, 0.2) is 5.13 Å². The SMILES string of the molecule is OC1CCCc2sc(N3CCC4(CCCC4)CC3)nc21. The molecule has 1 aromatic heterocycles. The van der Waals surface area contributed by atoms with Crippen LogP contribution in [0.15, 0.2) is 0 Å². The van der Waals surface area contributed by atoms with E-state index in [1.807, 2.05) is 11.3 Å². The zero-order valence-electron chi connectivity index (χ0n) is 12.1. The van der Waals surface area contributed by atoms with Crippen molar-refractivity contribution in [2.45, 2.75) is 63.9 Å². The Morgan fingerprint density at radius 2 is 1.85 bits per heavy atom.